The van der Waals surface area contributed by atoms with Gasteiger partial charge >= 0.3 is 0 Å². The van der Waals surface area contributed by atoms with Gasteiger partial charge in [0.25, 0.3) is 0 Å². The second kappa shape index (κ2) is 10.1. The summed E-state index contributed by atoms with van der Waals surface area (Å²) in [4.78, 5) is 8.49. The summed E-state index contributed by atoms with van der Waals surface area (Å²) in [7, 11) is 4.63. The highest BCUT2D eigenvalue weighted by Gasteiger charge is 2.38. The number of hydrogen-bond donors (Lipinski definition) is 2. The number of aromatic nitrogens is 3. The Labute approximate surface area is 169 Å². The van der Waals surface area contributed by atoms with Gasteiger partial charge in [-0.25, -0.2) is 9.97 Å². The quantitative estimate of drug-likeness (QED) is 0.387. The maximum atomic E-state index is 6.27. The zero-order valence-electron chi connectivity index (χ0n) is 15.3. The van der Waals surface area contributed by atoms with Crippen molar-refractivity contribution in [2.24, 2.45) is 5.73 Å². The summed E-state index contributed by atoms with van der Waals surface area (Å²) in [5.74, 6) is 6.28. The van der Waals surface area contributed by atoms with Crippen LogP contribution in [0, 0.1) is 11.8 Å². The summed E-state index contributed by atoms with van der Waals surface area (Å²) in [5.41, 5.74) is 13.0. The third kappa shape index (κ3) is 4.87. The number of nitrogens with two attached hydrogens (primary N) is 2. The second-order valence-electron chi connectivity index (χ2n) is 6.09. The summed E-state index contributed by atoms with van der Waals surface area (Å²) in [6, 6.07) is 0. The van der Waals surface area contributed by atoms with Crippen LogP contribution in [0.15, 0.2) is 25.2 Å². The zero-order valence-corrected chi connectivity index (χ0v) is 18.5. The predicted octanol–water partition coefficient (Wildman–Crippen LogP) is 2.18. The van der Waals surface area contributed by atoms with Gasteiger partial charge in [-0.1, -0.05) is 35.8 Å². The van der Waals surface area contributed by atoms with Crippen molar-refractivity contribution in [2.45, 2.75) is 24.9 Å². The zero-order chi connectivity index (χ0) is 20.1. The van der Waals surface area contributed by atoms with Crippen LogP contribution in [-0.4, -0.2) is 46.5 Å². The summed E-state index contributed by atoms with van der Waals surface area (Å²) in [6.45, 7) is 4.86. The second-order valence-corrected chi connectivity index (χ2v) is 11.9. The Hall–Kier alpha value is -1.15. The third-order valence-corrected chi connectivity index (χ3v) is 5.61. The molecule has 150 valence electrons. The van der Waals surface area contributed by atoms with Crippen molar-refractivity contribution >= 4 is 42.2 Å². The van der Waals surface area contributed by atoms with Gasteiger partial charge in [0.2, 0.25) is 0 Å². The molecule has 1 aliphatic rings. The van der Waals surface area contributed by atoms with Crippen molar-refractivity contribution in [3.63, 3.8) is 0 Å². The van der Waals surface area contributed by atoms with Gasteiger partial charge in [0.15, 0.2) is 0 Å². The molecule has 5 unspecified atom stereocenters. The number of hydrogen-bond acceptors (Lipinski definition) is 7. The smallest absolute Gasteiger partial charge is 0.148 e. The minimum absolute atomic E-state index is 0.122. The van der Waals surface area contributed by atoms with Gasteiger partial charge in [0, 0.05) is 12.6 Å². The minimum atomic E-state index is -0.649. The molecule has 3 rings (SSSR count). The monoisotopic (exact) mass is 439 g/mol. The summed E-state index contributed by atoms with van der Waals surface area (Å²) in [5, 5.41) is 0.703. The van der Waals surface area contributed by atoms with Gasteiger partial charge in [-0.3, -0.25) is 0 Å². The van der Waals surface area contributed by atoms with Crippen LogP contribution in [0.5, 0.6) is 0 Å². The van der Waals surface area contributed by atoms with Crippen LogP contribution < -0.4 is 11.5 Å². The lowest BCUT2D eigenvalue weighted by atomic mass is 10.2. The van der Waals surface area contributed by atoms with Crippen molar-refractivity contribution in [3.8, 4) is 11.8 Å². The molecule has 1 aliphatic heterocycles. The first-order valence-electron chi connectivity index (χ1n) is 8.65. The summed E-state index contributed by atoms with van der Waals surface area (Å²) in [6.07, 6.45) is 5.08. The molecular weight excluding hydrogens is 415 g/mol. The maximum absolute atomic E-state index is 6.27. The average Bonchev–Trinajstić information content (AvgIpc) is 3.25. The molecule has 28 heavy (non-hydrogen) atoms. The number of nitrogens with zero attached hydrogens (tertiary/aromatic N) is 3. The van der Waals surface area contributed by atoms with Gasteiger partial charge in [-0.05, 0) is 0 Å². The van der Waals surface area contributed by atoms with Crippen molar-refractivity contribution < 1.29 is 14.0 Å². The van der Waals surface area contributed by atoms with E-state index in [9.17, 15) is 0 Å². The SMILES string of the molecule is C=CCOC1CC(n2cc(C#CCN)c3c(N)ncnc32)OC1COP(P)P. The van der Waals surface area contributed by atoms with Gasteiger partial charge in [0.1, 0.15) is 30.1 Å². The molecule has 3 heterocycles. The first kappa shape index (κ1) is 21.6. The fraction of sp³-hybridized carbons (Fsp3) is 0.412. The van der Waals surface area contributed by atoms with Crippen LogP contribution in [0.25, 0.3) is 11.0 Å². The lowest BCUT2D eigenvalue weighted by Gasteiger charge is -2.19. The van der Waals surface area contributed by atoms with Crippen molar-refractivity contribution in [1.29, 1.82) is 0 Å². The molecule has 0 bridgehead atoms. The lowest BCUT2D eigenvalue weighted by Crippen LogP contribution is -2.28. The highest BCUT2D eigenvalue weighted by atomic mass is 32.4. The minimum Gasteiger partial charge on any atom is -0.383 e. The Morgan fingerprint density at radius 1 is 1.46 bits per heavy atom. The Morgan fingerprint density at radius 2 is 2.29 bits per heavy atom. The first-order valence-corrected chi connectivity index (χ1v) is 13.1. The van der Waals surface area contributed by atoms with E-state index < -0.39 is 7.53 Å². The van der Waals surface area contributed by atoms with E-state index in [1.54, 1.807) is 6.08 Å². The third-order valence-electron chi connectivity index (χ3n) is 4.27. The van der Waals surface area contributed by atoms with Crippen LogP contribution in [0.2, 0.25) is 0 Å². The van der Waals surface area contributed by atoms with E-state index in [2.05, 4.69) is 46.2 Å². The molecule has 1 saturated heterocycles. The van der Waals surface area contributed by atoms with Crippen LogP contribution in [0.4, 0.5) is 5.82 Å². The fourth-order valence-electron chi connectivity index (χ4n) is 3.12. The van der Waals surface area contributed by atoms with Crippen molar-refractivity contribution in [2.75, 3.05) is 25.5 Å². The Kier molecular flexibility index (Phi) is 7.74. The van der Waals surface area contributed by atoms with Gasteiger partial charge in [-0.15, -0.1) is 6.58 Å². The highest BCUT2D eigenvalue weighted by Crippen LogP contribution is 2.54. The highest BCUT2D eigenvalue weighted by molar-refractivity contribution is 8.41. The van der Waals surface area contributed by atoms with Crippen LogP contribution >= 0.6 is 25.4 Å². The van der Waals surface area contributed by atoms with E-state index in [0.717, 1.165) is 5.56 Å². The molecule has 0 amide bonds. The molecule has 0 aliphatic carbocycles. The molecular formula is C17H24N5O3P3. The van der Waals surface area contributed by atoms with Gasteiger partial charge < -0.3 is 30.0 Å². The molecule has 0 radical (unpaired) electrons. The maximum Gasteiger partial charge on any atom is 0.148 e. The molecule has 8 nitrogen and oxygen atoms in total. The Balaban J connectivity index is 1.93. The van der Waals surface area contributed by atoms with Crippen LogP contribution in [0.3, 0.4) is 0 Å². The van der Waals surface area contributed by atoms with Gasteiger partial charge in [0.05, 0.1) is 44.3 Å². The topological polar surface area (TPSA) is 110 Å². The lowest BCUT2D eigenvalue weighted by molar-refractivity contribution is -0.0491. The first-order chi connectivity index (χ1) is 13.5. The molecule has 0 saturated carbocycles. The van der Waals surface area contributed by atoms with E-state index >= 15 is 0 Å². The molecule has 5 atom stereocenters. The number of nitrogen functional groups attached to an aromatic ring is 1. The molecule has 2 aromatic heterocycles. The molecule has 4 N–H and O–H groups in total. The van der Waals surface area contributed by atoms with Crippen molar-refractivity contribution in [1.82, 2.24) is 14.5 Å². The predicted molar refractivity (Wildman–Crippen MR) is 119 cm³/mol. The average molecular weight is 439 g/mol. The number of ether oxygens (including phenoxy) is 2. The number of anilines is 1. The number of rotatable bonds is 7. The molecule has 2 aromatic rings. The van der Waals surface area contributed by atoms with E-state index in [1.165, 1.54) is 6.33 Å². The van der Waals surface area contributed by atoms with Crippen molar-refractivity contribution in [3.05, 3.63) is 30.7 Å². The molecule has 11 heteroatoms. The summed E-state index contributed by atoms with van der Waals surface area (Å²) >= 11 is 0. The van der Waals surface area contributed by atoms with Crippen LogP contribution in [-0.2, 0) is 14.0 Å². The Bertz CT molecular complexity index is 895. The fourth-order valence-corrected chi connectivity index (χ4v) is 3.95. The van der Waals surface area contributed by atoms with E-state index in [4.69, 9.17) is 25.5 Å². The molecule has 0 spiro atoms. The van der Waals surface area contributed by atoms with E-state index in [-0.39, 0.29) is 25.0 Å². The van der Waals surface area contributed by atoms with E-state index in [0.29, 0.717) is 36.5 Å². The van der Waals surface area contributed by atoms with E-state index in [1.807, 2.05) is 10.8 Å². The molecule has 1 fully saturated rings. The summed E-state index contributed by atoms with van der Waals surface area (Å²) < 4.78 is 19.9. The Morgan fingerprint density at radius 3 is 3.00 bits per heavy atom. The standard InChI is InChI=1S/C17H24N5O3P3/c1-2-6-23-12-7-14(25-13(12)9-24-28(26)27)22-8-11(4-3-5-18)15-16(19)20-10-21-17(15)22/h2,8,10,12-14H,1,5-7,9,18,26-27H2,(H2,19,20,21). The normalized spacial score (nSPS) is 21.8. The largest absolute Gasteiger partial charge is 0.383 e. The van der Waals surface area contributed by atoms with Gasteiger partial charge in [-0.2, -0.15) is 0 Å². The van der Waals surface area contributed by atoms with Crippen LogP contribution in [0.1, 0.15) is 18.2 Å². The molecule has 0 aromatic carbocycles. The number of fused-ring (bicyclic) bond motifs is 1.